The topological polar surface area (TPSA) is 135 Å². The molecule has 218 valence electrons. The fourth-order valence-corrected chi connectivity index (χ4v) is 4.71. The van der Waals surface area contributed by atoms with Crippen LogP contribution in [0.25, 0.3) is 22.3 Å². The van der Waals surface area contributed by atoms with Gasteiger partial charge in [0.2, 0.25) is 5.91 Å². The van der Waals surface area contributed by atoms with Crippen molar-refractivity contribution in [3.63, 3.8) is 0 Å². The number of benzene rings is 1. The highest BCUT2D eigenvalue weighted by Crippen LogP contribution is 2.34. The van der Waals surface area contributed by atoms with Gasteiger partial charge in [0.25, 0.3) is 5.91 Å². The number of nitrogen functional groups attached to an aromatic ring is 1. The minimum atomic E-state index is -4.56. The molecule has 5 rings (SSSR count). The van der Waals surface area contributed by atoms with Gasteiger partial charge >= 0.3 is 6.18 Å². The van der Waals surface area contributed by atoms with E-state index in [1.165, 1.54) is 18.5 Å². The van der Waals surface area contributed by atoms with Crippen molar-refractivity contribution >= 4 is 34.5 Å². The third kappa shape index (κ3) is 6.07. The van der Waals surface area contributed by atoms with Crippen molar-refractivity contribution in [2.24, 2.45) is 0 Å². The molecule has 2 amide bonds. The zero-order valence-corrected chi connectivity index (χ0v) is 22.8. The van der Waals surface area contributed by atoms with Crippen LogP contribution in [0, 0.1) is 0 Å². The molecule has 0 bridgehead atoms. The number of aromatic nitrogens is 5. The number of carbonyl (C=O) groups excluding carboxylic acids is 2. The van der Waals surface area contributed by atoms with Gasteiger partial charge in [0.05, 0.1) is 17.0 Å². The fraction of sp³-hybridized carbons (Fsp3) is 0.286. The molecule has 42 heavy (non-hydrogen) atoms. The van der Waals surface area contributed by atoms with Crippen LogP contribution in [0.1, 0.15) is 28.4 Å². The maximum atomic E-state index is 13.0. The Kier molecular flexibility index (Phi) is 7.89. The normalized spacial score (nSPS) is 15.7. The van der Waals surface area contributed by atoms with Gasteiger partial charge in [-0.2, -0.15) is 18.3 Å². The van der Waals surface area contributed by atoms with Crippen molar-refractivity contribution in [2.75, 3.05) is 44.8 Å². The third-order valence-corrected chi connectivity index (χ3v) is 6.82. The Morgan fingerprint density at radius 2 is 1.90 bits per heavy atom. The van der Waals surface area contributed by atoms with Crippen LogP contribution in [0.2, 0.25) is 0 Å². The van der Waals surface area contributed by atoms with E-state index >= 15 is 0 Å². The quantitative estimate of drug-likeness (QED) is 0.317. The average molecular weight is 580 g/mol. The van der Waals surface area contributed by atoms with E-state index in [9.17, 15) is 22.8 Å². The highest BCUT2D eigenvalue weighted by molar-refractivity contribution is 6.04. The van der Waals surface area contributed by atoms with Crippen LogP contribution in [-0.2, 0) is 11.0 Å². The monoisotopic (exact) mass is 579 g/mol. The van der Waals surface area contributed by atoms with Gasteiger partial charge in [-0.05, 0) is 44.8 Å². The number of fused-ring (bicyclic) bond motifs is 1. The summed E-state index contributed by atoms with van der Waals surface area (Å²) in [6.45, 7) is 1.68. The molecular formula is C28H28F3N9O2. The molecule has 4 aromatic rings. The van der Waals surface area contributed by atoms with Crippen molar-refractivity contribution in [3.8, 4) is 11.3 Å². The molecule has 3 N–H and O–H groups in total. The molecule has 0 unspecified atom stereocenters. The van der Waals surface area contributed by atoms with Gasteiger partial charge < -0.3 is 20.9 Å². The summed E-state index contributed by atoms with van der Waals surface area (Å²) < 4.78 is 40.8. The molecule has 1 aliphatic heterocycles. The second-order valence-corrected chi connectivity index (χ2v) is 10.1. The Morgan fingerprint density at radius 3 is 2.62 bits per heavy atom. The number of amides is 2. The lowest BCUT2D eigenvalue weighted by molar-refractivity contribution is -0.137. The summed E-state index contributed by atoms with van der Waals surface area (Å²) in [4.78, 5) is 41.5. The third-order valence-electron chi connectivity index (χ3n) is 6.82. The summed E-state index contributed by atoms with van der Waals surface area (Å²) in [7, 11) is 3.85. The van der Waals surface area contributed by atoms with Gasteiger partial charge in [0.15, 0.2) is 5.65 Å². The first-order chi connectivity index (χ1) is 20.0. The molecule has 14 heteroatoms. The Bertz CT molecular complexity index is 1650. The first kappa shape index (κ1) is 28.7. The number of nitrogens with one attached hydrogen (secondary N) is 1. The Hall–Kier alpha value is -4.85. The second-order valence-electron chi connectivity index (χ2n) is 10.1. The molecule has 3 aromatic heterocycles. The first-order valence-corrected chi connectivity index (χ1v) is 13.0. The zero-order valence-electron chi connectivity index (χ0n) is 22.8. The van der Waals surface area contributed by atoms with Crippen LogP contribution in [0.4, 0.5) is 24.8 Å². The second kappa shape index (κ2) is 11.6. The Labute approximate surface area is 238 Å². The van der Waals surface area contributed by atoms with Gasteiger partial charge in [0.1, 0.15) is 23.7 Å². The van der Waals surface area contributed by atoms with Crippen LogP contribution >= 0.6 is 0 Å². The number of pyridine rings is 1. The van der Waals surface area contributed by atoms with Gasteiger partial charge in [0, 0.05) is 43.0 Å². The van der Waals surface area contributed by atoms with E-state index in [0.717, 1.165) is 18.3 Å². The van der Waals surface area contributed by atoms with Crippen LogP contribution in [0.15, 0.2) is 61.1 Å². The molecular weight excluding hydrogens is 551 g/mol. The molecule has 0 spiro atoms. The number of nitrogens with zero attached hydrogens (tertiary/aromatic N) is 7. The zero-order chi connectivity index (χ0) is 30.0. The maximum absolute atomic E-state index is 13.0. The van der Waals surface area contributed by atoms with Crippen molar-refractivity contribution in [2.45, 2.75) is 18.6 Å². The summed E-state index contributed by atoms with van der Waals surface area (Å²) >= 11 is 0. The SMILES string of the molecule is CN(C)CC=CC(=O)N1CC[C@@H](n2nc(-c3ccc(C(=O)Nc4cc(C(F)(F)F)ccn4)cc3)c3c(N)ncnc32)C1. The standard InChI is InChI=1S/C28H28F3N9O2/c1-38(2)12-3-4-22(41)39-13-10-20(15-39)40-26-23(25(32)34-16-35-26)24(37-40)17-5-7-18(8-6-17)27(42)36-21-14-19(9-11-33-21)28(29,30)31/h3-9,11,14,16,20H,10,12-13,15H2,1-2H3,(H2,32,34,35)(H,33,36,42)/t20-/m1/s1. The van der Waals surface area contributed by atoms with Crippen LogP contribution in [0.3, 0.4) is 0 Å². The van der Waals surface area contributed by atoms with E-state index in [0.29, 0.717) is 48.3 Å². The number of hydrogen-bond acceptors (Lipinski definition) is 8. The molecule has 1 aliphatic rings. The van der Waals surface area contributed by atoms with E-state index in [2.05, 4.69) is 20.3 Å². The highest BCUT2D eigenvalue weighted by atomic mass is 19.4. The maximum Gasteiger partial charge on any atom is 0.416 e. The highest BCUT2D eigenvalue weighted by Gasteiger charge is 2.31. The Balaban J connectivity index is 1.37. The van der Waals surface area contributed by atoms with Gasteiger partial charge in [-0.1, -0.05) is 18.2 Å². The van der Waals surface area contributed by atoms with Gasteiger partial charge in [-0.25, -0.2) is 19.6 Å². The number of rotatable bonds is 7. The summed E-state index contributed by atoms with van der Waals surface area (Å²) in [5, 5.41) is 7.74. The van der Waals surface area contributed by atoms with Crippen molar-refractivity contribution < 1.29 is 22.8 Å². The predicted molar refractivity (Wildman–Crippen MR) is 150 cm³/mol. The number of likely N-dealkylation sites (tertiary alicyclic amines) is 1. The van der Waals surface area contributed by atoms with E-state index in [-0.39, 0.29) is 29.1 Å². The number of anilines is 2. The van der Waals surface area contributed by atoms with E-state index in [4.69, 9.17) is 10.8 Å². The number of alkyl halides is 3. The smallest absolute Gasteiger partial charge is 0.383 e. The molecule has 0 saturated carbocycles. The van der Waals surface area contributed by atoms with Crippen molar-refractivity contribution in [1.82, 2.24) is 34.5 Å². The molecule has 1 atom stereocenters. The minimum absolute atomic E-state index is 0.0700. The summed E-state index contributed by atoms with van der Waals surface area (Å²) in [5.74, 6) is -0.677. The summed E-state index contributed by atoms with van der Waals surface area (Å²) in [6, 6.07) is 7.84. The lowest BCUT2D eigenvalue weighted by Gasteiger charge is -2.15. The molecule has 1 fully saturated rings. The lowest BCUT2D eigenvalue weighted by atomic mass is 10.1. The van der Waals surface area contributed by atoms with Gasteiger partial charge in [-0.3, -0.25) is 9.59 Å². The molecule has 0 aliphatic carbocycles. The summed E-state index contributed by atoms with van der Waals surface area (Å²) in [6.07, 6.45) is 1.86. The minimum Gasteiger partial charge on any atom is -0.383 e. The van der Waals surface area contributed by atoms with Crippen LogP contribution in [0.5, 0.6) is 0 Å². The fourth-order valence-electron chi connectivity index (χ4n) is 4.71. The Morgan fingerprint density at radius 1 is 1.14 bits per heavy atom. The molecule has 1 saturated heterocycles. The number of nitrogens with two attached hydrogens (primary N) is 1. The number of hydrogen-bond donors (Lipinski definition) is 2. The number of likely N-dealkylation sites (N-methyl/N-ethyl adjacent to an activating group) is 1. The molecule has 0 radical (unpaired) electrons. The number of carbonyl (C=O) groups is 2. The molecule has 11 nitrogen and oxygen atoms in total. The van der Waals surface area contributed by atoms with E-state index in [1.54, 1.807) is 27.8 Å². The molecule has 4 heterocycles. The molecule has 1 aromatic carbocycles. The average Bonchev–Trinajstić information content (AvgIpc) is 3.59. The van der Waals surface area contributed by atoms with E-state index < -0.39 is 17.6 Å². The first-order valence-electron chi connectivity index (χ1n) is 13.0. The van der Waals surface area contributed by atoms with Crippen molar-refractivity contribution in [3.05, 3.63) is 72.2 Å². The number of halogens is 3. The lowest BCUT2D eigenvalue weighted by Crippen LogP contribution is -2.28. The van der Waals surface area contributed by atoms with Crippen LogP contribution < -0.4 is 11.1 Å². The summed E-state index contributed by atoms with van der Waals surface area (Å²) in [5.41, 5.74) is 7.19. The largest absolute Gasteiger partial charge is 0.416 e. The van der Waals surface area contributed by atoms with Crippen molar-refractivity contribution in [1.29, 1.82) is 0 Å². The van der Waals surface area contributed by atoms with E-state index in [1.807, 2.05) is 25.1 Å². The van der Waals surface area contributed by atoms with Crippen LogP contribution in [-0.4, -0.2) is 80.1 Å². The van der Waals surface area contributed by atoms with Gasteiger partial charge in [-0.15, -0.1) is 0 Å². The predicted octanol–water partition coefficient (Wildman–Crippen LogP) is 3.63.